The molecular weight excluding hydrogens is 270 g/mol. The van der Waals surface area contributed by atoms with Gasteiger partial charge in [0.05, 0.1) is 25.9 Å². The van der Waals surface area contributed by atoms with Crippen LogP contribution in [0.15, 0.2) is 18.2 Å². The first-order valence-corrected chi connectivity index (χ1v) is 7.32. The van der Waals surface area contributed by atoms with Crippen LogP contribution in [0.1, 0.15) is 36.0 Å². The zero-order valence-corrected chi connectivity index (χ0v) is 12.6. The van der Waals surface area contributed by atoms with Crippen LogP contribution in [0, 0.1) is 5.92 Å². The number of nitrogens with one attached hydrogen (secondary N) is 1. The third-order valence-corrected chi connectivity index (χ3v) is 4.02. The van der Waals surface area contributed by atoms with E-state index in [4.69, 9.17) is 9.47 Å². The highest BCUT2D eigenvalue weighted by molar-refractivity contribution is 5.97. The summed E-state index contributed by atoms with van der Waals surface area (Å²) in [6.45, 7) is 0.631. The molecule has 1 amide bonds. The van der Waals surface area contributed by atoms with E-state index in [0.29, 0.717) is 29.5 Å². The van der Waals surface area contributed by atoms with E-state index in [1.165, 1.54) is 0 Å². The highest BCUT2D eigenvalue weighted by atomic mass is 16.5. The summed E-state index contributed by atoms with van der Waals surface area (Å²) < 4.78 is 10.4. The Labute approximate surface area is 125 Å². The fourth-order valence-corrected chi connectivity index (χ4v) is 2.67. The first-order chi connectivity index (χ1) is 10.1. The smallest absolute Gasteiger partial charge is 0.255 e. The number of ether oxygens (including phenoxy) is 2. The zero-order chi connectivity index (χ0) is 15.2. The Bertz CT molecular complexity index is 481. The Morgan fingerprint density at radius 1 is 1.24 bits per heavy atom. The van der Waals surface area contributed by atoms with Crippen LogP contribution >= 0.6 is 0 Å². The molecule has 116 valence electrons. The van der Waals surface area contributed by atoms with Gasteiger partial charge in [-0.25, -0.2) is 0 Å². The van der Waals surface area contributed by atoms with Gasteiger partial charge in [0.1, 0.15) is 11.5 Å². The van der Waals surface area contributed by atoms with Crippen LogP contribution in [0.25, 0.3) is 0 Å². The van der Waals surface area contributed by atoms with Crippen LogP contribution < -0.4 is 14.8 Å². The molecule has 0 bridgehead atoms. The van der Waals surface area contributed by atoms with Gasteiger partial charge in [0.25, 0.3) is 5.91 Å². The van der Waals surface area contributed by atoms with Crippen molar-refractivity contribution in [3.63, 3.8) is 0 Å². The van der Waals surface area contributed by atoms with Gasteiger partial charge in [-0.2, -0.15) is 0 Å². The largest absolute Gasteiger partial charge is 0.497 e. The molecule has 1 aliphatic carbocycles. The average molecular weight is 293 g/mol. The van der Waals surface area contributed by atoms with E-state index in [2.05, 4.69) is 5.32 Å². The number of amides is 1. The SMILES string of the molecule is COc1ccc(OC)c(C(=O)NCC2CCC(O)CC2)c1. The van der Waals surface area contributed by atoms with Crippen molar-refractivity contribution >= 4 is 5.91 Å². The lowest BCUT2D eigenvalue weighted by Gasteiger charge is -2.25. The summed E-state index contributed by atoms with van der Waals surface area (Å²) >= 11 is 0. The second-order valence-electron chi connectivity index (χ2n) is 5.45. The van der Waals surface area contributed by atoms with Crippen LogP contribution in [0.2, 0.25) is 0 Å². The van der Waals surface area contributed by atoms with Gasteiger partial charge in [0.2, 0.25) is 0 Å². The number of benzene rings is 1. The predicted molar refractivity (Wildman–Crippen MR) is 79.8 cm³/mol. The van der Waals surface area contributed by atoms with Crippen LogP contribution in [-0.2, 0) is 0 Å². The van der Waals surface area contributed by atoms with E-state index >= 15 is 0 Å². The molecule has 0 radical (unpaired) electrons. The Morgan fingerprint density at radius 2 is 1.95 bits per heavy atom. The normalized spacial score (nSPS) is 21.7. The predicted octanol–water partition coefficient (Wildman–Crippen LogP) is 1.98. The topological polar surface area (TPSA) is 67.8 Å². The lowest BCUT2D eigenvalue weighted by molar-refractivity contribution is 0.0907. The van der Waals surface area contributed by atoms with Crippen molar-refractivity contribution in [1.82, 2.24) is 5.32 Å². The van der Waals surface area contributed by atoms with E-state index in [1.807, 2.05) is 0 Å². The highest BCUT2D eigenvalue weighted by Gasteiger charge is 2.21. The lowest BCUT2D eigenvalue weighted by atomic mass is 9.87. The molecule has 2 rings (SSSR count). The van der Waals surface area contributed by atoms with Gasteiger partial charge >= 0.3 is 0 Å². The molecule has 1 aliphatic rings. The van der Waals surface area contributed by atoms with E-state index in [0.717, 1.165) is 25.7 Å². The molecule has 2 N–H and O–H groups in total. The number of rotatable bonds is 5. The van der Waals surface area contributed by atoms with Gasteiger partial charge in [-0.3, -0.25) is 4.79 Å². The first kappa shape index (κ1) is 15.6. The molecule has 5 heteroatoms. The first-order valence-electron chi connectivity index (χ1n) is 7.32. The number of carbonyl (C=O) groups excluding carboxylic acids is 1. The maximum absolute atomic E-state index is 12.3. The Hall–Kier alpha value is -1.75. The minimum atomic E-state index is -0.171. The highest BCUT2D eigenvalue weighted by Crippen LogP contribution is 2.25. The van der Waals surface area contributed by atoms with Crippen molar-refractivity contribution in [2.24, 2.45) is 5.92 Å². The number of hydrogen-bond acceptors (Lipinski definition) is 4. The molecule has 0 saturated heterocycles. The number of carbonyl (C=O) groups is 1. The van der Waals surface area contributed by atoms with Gasteiger partial charge in [-0.15, -0.1) is 0 Å². The summed E-state index contributed by atoms with van der Waals surface area (Å²) in [5.41, 5.74) is 0.479. The maximum Gasteiger partial charge on any atom is 0.255 e. The molecule has 0 aromatic heterocycles. The molecule has 0 spiro atoms. The molecule has 0 unspecified atom stereocenters. The van der Waals surface area contributed by atoms with E-state index < -0.39 is 0 Å². The van der Waals surface area contributed by atoms with Gasteiger partial charge in [0.15, 0.2) is 0 Å². The average Bonchev–Trinajstić information content (AvgIpc) is 2.53. The summed E-state index contributed by atoms with van der Waals surface area (Å²) in [6, 6.07) is 5.17. The Kier molecular flexibility index (Phi) is 5.44. The molecule has 1 saturated carbocycles. The maximum atomic E-state index is 12.3. The molecule has 0 atom stereocenters. The van der Waals surface area contributed by atoms with Crippen LogP contribution in [0.4, 0.5) is 0 Å². The van der Waals surface area contributed by atoms with Crippen molar-refractivity contribution in [1.29, 1.82) is 0 Å². The Morgan fingerprint density at radius 3 is 2.57 bits per heavy atom. The Balaban J connectivity index is 1.96. The minimum absolute atomic E-state index is 0.156. The third-order valence-electron chi connectivity index (χ3n) is 4.02. The number of methoxy groups -OCH3 is 2. The fourth-order valence-electron chi connectivity index (χ4n) is 2.67. The van der Waals surface area contributed by atoms with Crippen LogP contribution in [0.5, 0.6) is 11.5 Å². The fraction of sp³-hybridized carbons (Fsp3) is 0.562. The molecule has 5 nitrogen and oxygen atoms in total. The standard InChI is InChI=1S/C16H23NO4/c1-20-13-7-8-15(21-2)14(9-13)16(19)17-10-11-3-5-12(18)6-4-11/h7-9,11-12,18H,3-6,10H2,1-2H3,(H,17,19). The molecular formula is C16H23NO4. The van der Waals surface area contributed by atoms with Gasteiger partial charge in [-0.1, -0.05) is 0 Å². The van der Waals surface area contributed by atoms with Crippen LogP contribution in [-0.4, -0.2) is 37.9 Å². The monoisotopic (exact) mass is 293 g/mol. The summed E-state index contributed by atoms with van der Waals surface area (Å²) in [4.78, 5) is 12.3. The molecule has 1 fully saturated rings. The van der Waals surface area contributed by atoms with Gasteiger partial charge in [0, 0.05) is 6.54 Å². The summed E-state index contributed by atoms with van der Waals surface area (Å²) in [5.74, 6) is 1.44. The number of hydrogen-bond donors (Lipinski definition) is 2. The van der Waals surface area contributed by atoms with Crippen LogP contribution in [0.3, 0.4) is 0 Å². The second kappa shape index (κ2) is 7.31. The molecule has 0 aliphatic heterocycles. The van der Waals surface area contributed by atoms with E-state index in [1.54, 1.807) is 32.4 Å². The van der Waals surface area contributed by atoms with Gasteiger partial charge in [-0.05, 0) is 49.8 Å². The zero-order valence-electron chi connectivity index (χ0n) is 12.6. The molecule has 0 heterocycles. The van der Waals surface area contributed by atoms with Crippen molar-refractivity contribution in [2.45, 2.75) is 31.8 Å². The molecule has 1 aromatic carbocycles. The molecule has 21 heavy (non-hydrogen) atoms. The van der Waals surface area contributed by atoms with Crippen molar-refractivity contribution in [2.75, 3.05) is 20.8 Å². The van der Waals surface area contributed by atoms with E-state index in [-0.39, 0.29) is 12.0 Å². The lowest BCUT2D eigenvalue weighted by Crippen LogP contribution is -2.32. The molecule has 1 aromatic rings. The number of aliphatic hydroxyl groups is 1. The van der Waals surface area contributed by atoms with E-state index in [9.17, 15) is 9.90 Å². The quantitative estimate of drug-likeness (QED) is 0.871. The number of aliphatic hydroxyl groups excluding tert-OH is 1. The summed E-state index contributed by atoms with van der Waals surface area (Å²) in [5, 5.41) is 12.4. The minimum Gasteiger partial charge on any atom is -0.497 e. The third kappa shape index (κ3) is 4.11. The van der Waals surface area contributed by atoms with Crippen molar-refractivity contribution < 1.29 is 19.4 Å². The van der Waals surface area contributed by atoms with Gasteiger partial charge < -0.3 is 19.9 Å². The second-order valence-corrected chi connectivity index (χ2v) is 5.45. The van der Waals surface area contributed by atoms with Crippen molar-refractivity contribution in [3.8, 4) is 11.5 Å². The van der Waals surface area contributed by atoms with Crippen molar-refractivity contribution in [3.05, 3.63) is 23.8 Å². The summed E-state index contributed by atoms with van der Waals surface area (Å²) in [6.07, 6.45) is 3.38. The summed E-state index contributed by atoms with van der Waals surface area (Å²) in [7, 11) is 3.11.